The highest BCUT2D eigenvalue weighted by molar-refractivity contribution is 5.63. The van der Waals surface area contributed by atoms with Gasteiger partial charge in [-0.3, -0.25) is 0 Å². The van der Waals surface area contributed by atoms with Gasteiger partial charge in [-0.05, 0) is 19.4 Å². The summed E-state index contributed by atoms with van der Waals surface area (Å²) >= 11 is 0. The highest BCUT2D eigenvalue weighted by Gasteiger charge is 2.00. The number of hydrogen-bond acceptors (Lipinski definition) is 3. The van der Waals surface area contributed by atoms with Crippen LogP contribution in [0, 0.1) is 13.8 Å². The van der Waals surface area contributed by atoms with E-state index in [-0.39, 0.29) is 0 Å². The van der Waals surface area contributed by atoms with E-state index in [1.54, 1.807) is 12.4 Å². The molecule has 3 heteroatoms. The summed E-state index contributed by atoms with van der Waals surface area (Å²) in [5.41, 5.74) is 10.0. The zero-order chi connectivity index (χ0) is 10.8. The summed E-state index contributed by atoms with van der Waals surface area (Å²) in [6.45, 7) is 4.16. The lowest BCUT2D eigenvalue weighted by atomic mass is 10.0. The second kappa shape index (κ2) is 3.69. The topological polar surface area (TPSA) is 51.8 Å². The summed E-state index contributed by atoms with van der Waals surface area (Å²) in [5, 5.41) is 0. The van der Waals surface area contributed by atoms with Gasteiger partial charge in [-0.1, -0.05) is 29.3 Å². The van der Waals surface area contributed by atoms with Crippen molar-refractivity contribution < 1.29 is 0 Å². The minimum atomic E-state index is 0.308. The van der Waals surface area contributed by atoms with E-state index < -0.39 is 0 Å². The van der Waals surface area contributed by atoms with Crippen molar-refractivity contribution in [3.63, 3.8) is 0 Å². The minimum Gasteiger partial charge on any atom is -0.368 e. The number of rotatable bonds is 1. The third-order valence-electron chi connectivity index (χ3n) is 2.23. The summed E-state index contributed by atoms with van der Waals surface area (Å²) in [7, 11) is 0. The Kier molecular flexibility index (Phi) is 2.37. The molecule has 0 aliphatic carbocycles. The normalized spacial score (nSPS) is 10.3. The molecule has 0 saturated carbocycles. The van der Waals surface area contributed by atoms with Crippen LogP contribution in [0.3, 0.4) is 0 Å². The SMILES string of the molecule is Cc1cc(C)cc(-c2cnc(N)nc2)c1. The number of aryl methyl sites for hydroxylation is 2. The molecule has 15 heavy (non-hydrogen) atoms. The Hall–Kier alpha value is -1.90. The molecule has 0 fully saturated rings. The average molecular weight is 199 g/mol. The zero-order valence-corrected chi connectivity index (χ0v) is 8.86. The van der Waals surface area contributed by atoms with Crippen molar-refractivity contribution in [2.75, 3.05) is 5.73 Å². The Balaban J connectivity index is 2.49. The van der Waals surface area contributed by atoms with E-state index in [4.69, 9.17) is 5.73 Å². The van der Waals surface area contributed by atoms with Crippen molar-refractivity contribution in [1.29, 1.82) is 0 Å². The molecule has 1 heterocycles. The van der Waals surface area contributed by atoms with E-state index in [0.29, 0.717) is 5.95 Å². The van der Waals surface area contributed by atoms with Crippen LogP contribution in [0.15, 0.2) is 30.6 Å². The Morgan fingerprint density at radius 2 is 1.40 bits per heavy atom. The molecule has 0 aliphatic rings. The lowest BCUT2D eigenvalue weighted by Crippen LogP contribution is -1.93. The number of hydrogen-bond donors (Lipinski definition) is 1. The molecule has 76 valence electrons. The molecule has 0 radical (unpaired) electrons. The van der Waals surface area contributed by atoms with Gasteiger partial charge in [0.15, 0.2) is 0 Å². The first-order valence-electron chi connectivity index (χ1n) is 4.81. The van der Waals surface area contributed by atoms with Crippen LogP contribution in [0.1, 0.15) is 11.1 Å². The fourth-order valence-corrected chi connectivity index (χ4v) is 1.63. The van der Waals surface area contributed by atoms with Gasteiger partial charge in [0.05, 0.1) is 0 Å². The number of nitrogens with zero attached hydrogens (tertiary/aromatic N) is 2. The first-order valence-corrected chi connectivity index (χ1v) is 4.81. The predicted molar refractivity (Wildman–Crippen MR) is 61.4 cm³/mol. The molecule has 0 atom stereocenters. The summed E-state index contributed by atoms with van der Waals surface area (Å²) in [4.78, 5) is 7.96. The van der Waals surface area contributed by atoms with Gasteiger partial charge in [0, 0.05) is 18.0 Å². The van der Waals surface area contributed by atoms with Crippen molar-refractivity contribution in [2.24, 2.45) is 0 Å². The number of nitrogen functional groups attached to an aromatic ring is 1. The van der Waals surface area contributed by atoms with Crippen LogP contribution < -0.4 is 5.73 Å². The van der Waals surface area contributed by atoms with Gasteiger partial charge in [0.2, 0.25) is 5.95 Å². The zero-order valence-electron chi connectivity index (χ0n) is 8.86. The van der Waals surface area contributed by atoms with Crippen LogP contribution in [0.25, 0.3) is 11.1 Å². The molecule has 0 bridgehead atoms. The van der Waals surface area contributed by atoms with Gasteiger partial charge in [0.25, 0.3) is 0 Å². The fraction of sp³-hybridized carbons (Fsp3) is 0.167. The smallest absolute Gasteiger partial charge is 0.219 e. The molecule has 0 unspecified atom stereocenters. The molecule has 0 saturated heterocycles. The number of aromatic nitrogens is 2. The molecule has 2 N–H and O–H groups in total. The Labute approximate surface area is 89.0 Å². The summed E-state index contributed by atoms with van der Waals surface area (Å²) in [6.07, 6.45) is 3.49. The maximum atomic E-state index is 5.44. The molecule has 0 spiro atoms. The van der Waals surface area contributed by atoms with E-state index in [2.05, 4.69) is 42.0 Å². The molecule has 2 aromatic rings. The third kappa shape index (κ3) is 2.13. The van der Waals surface area contributed by atoms with Gasteiger partial charge in [-0.15, -0.1) is 0 Å². The molecule has 2 rings (SSSR count). The van der Waals surface area contributed by atoms with E-state index in [0.717, 1.165) is 11.1 Å². The van der Waals surface area contributed by atoms with Crippen LogP contribution >= 0.6 is 0 Å². The summed E-state index contributed by atoms with van der Waals surface area (Å²) in [6, 6.07) is 6.37. The Bertz CT molecular complexity index is 454. The summed E-state index contributed by atoms with van der Waals surface area (Å²) < 4.78 is 0. The third-order valence-corrected chi connectivity index (χ3v) is 2.23. The second-order valence-corrected chi connectivity index (χ2v) is 3.71. The standard InChI is InChI=1S/C12H13N3/c1-8-3-9(2)5-10(4-8)11-6-14-12(13)15-7-11/h3-7H,1-2H3,(H2,13,14,15). The molecule has 0 amide bonds. The Morgan fingerprint density at radius 1 is 0.867 bits per heavy atom. The molecular weight excluding hydrogens is 186 g/mol. The van der Waals surface area contributed by atoms with Crippen LogP contribution in [0.2, 0.25) is 0 Å². The van der Waals surface area contributed by atoms with Gasteiger partial charge < -0.3 is 5.73 Å². The molecular formula is C12H13N3. The van der Waals surface area contributed by atoms with Crippen molar-refractivity contribution in [1.82, 2.24) is 9.97 Å². The van der Waals surface area contributed by atoms with Crippen LogP contribution in [-0.4, -0.2) is 9.97 Å². The molecule has 1 aromatic heterocycles. The lowest BCUT2D eigenvalue weighted by Gasteiger charge is -2.04. The maximum Gasteiger partial charge on any atom is 0.219 e. The minimum absolute atomic E-state index is 0.308. The highest BCUT2D eigenvalue weighted by Crippen LogP contribution is 2.20. The molecule has 3 nitrogen and oxygen atoms in total. The van der Waals surface area contributed by atoms with E-state index in [1.807, 2.05) is 0 Å². The number of anilines is 1. The first kappa shape index (κ1) is 9.65. The largest absolute Gasteiger partial charge is 0.368 e. The monoisotopic (exact) mass is 199 g/mol. The quantitative estimate of drug-likeness (QED) is 0.767. The predicted octanol–water partition coefficient (Wildman–Crippen LogP) is 2.34. The second-order valence-electron chi connectivity index (χ2n) is 3.71. The van der Waals surface area contributed by atoms with Crippen molar-refractivity contribution >= 4 is 5.95 Å². The first-order chi connectivity index (χ1) is 7.15. The lowest BCUT2D eigenvalue weighted by molar-refractivity contribution is 1.19. The van der Waals surface area contributed by atoms with Crippen molar-refractivity contribution in [3.05, 3.63) is 41.7 Å². The van der Waals surface area contributed by atoms with Gasteiger partial charge in [-0.2, -0.15) is 0 Å². The number of nitrogens with two attached hydrogens (primary N) is 1. The van der Waals surface area contributed by atoms with E-state index in [1.165, 1.54) is 11.1 Å². The van der Waals surface area contributed by atoms with Gasteiger partial charge in [0.1, 0.15) is 0 Å². The van der Waals surface area contributed by atoms with Gasteiger partial charge >= 0.3 is 0 Å². The molecule has 1 aromatic carbocycles. The van der Waals surface area contributed by atoms with E-state index in [9.17, 15) is 0 Å². The van der Waals surface area contributed by atoms with Crippen LogP contribution in [0.5, 0.6) is 0 Å². The van der Waals surface area contributed by atoms with Crippen LogP contribution in [-0.2, 0) is 0 Å². The maximum absolute atomic E-state index is 5.44. The van der Waals surface area contributed by atoms with Crippen LogP contribution in [0.4, 0.5) is 5.95 Å². The molecule has 0 aliphatic heterocycles. The Morgan fingerprint density at radius 3 is 1.93 bits per heavy atom. The number of benzene rings is 1. The average Bonchev–Trinajstić information content (AvgIpc) is 2.17. The summed E-state index contributed by atoms with van der Waals surface area (Å²) in [5.74, 6) is 0.308. The van der Waals surface area contributed by atoms with Gasteiger partial charge in [-0.25, -0.2) is 9.97 Å². The highest BCUT2D eigenvalue weighted by atomic mass is 15.0. The van der Waals surface area contributed by atoms with Crippen molar-refractivity contribution in [3.8, 4) is 11.1 Å². The van der Waals surface area contributed by atoms with E-state index >= 15 is 0 Å². The van der Waals surface area contributed by atoms with Crippen molar-refractivity contribution in [2.45, 2.75) is 13.8 Å². The fourth-order valence-electron chi connectivity index (χ4n) is 1.63.